The number of anilines is 1. The molecule has 12 heteroatoms. The molecule has 2 saturated carbocycles. The topological polar surface area (TPSA) is 97.9 Å². The molecule has 0 aromatic heterocycles. The second kappa shape index (κ2) is 11.2. The number of halogens is 4. The maximum atomic E-state index is 12.6. The molecule has 3 N–H and O–H groups in total. The molecule has 0 saturated heterocycles. The van der Waals surface area contributed by atoms with Crippen LogP contribution < -0.4 is 20.7 Å². The van der Waals surface area contributed by atoms with E-state index in [1.807, 2.05) is 0 Å². The molecule has 0 radical (unpaired) electrons. The molecule has 2 aliphatic carbocycles. The highest BCUT2D eigenvalue weighted by molar-refractivity contribution is 6.30. The maximum absolute atomic E-state index is 12.6. The van der Waals surface area contributed by atoms with E-state index in [1.165, 1.54) is 0 Å². The summed E-state index contributed by atoms with van der Waals surface area (Å²) in [5.41, 5.74) is 0.832. The summed E-state index contributed by atoms with van der Waals surface area (Å²) in [6, 6.07) is 5.30. The molecule has 4 rings (SSSR count). The molecule has 2 amide bonds. The second-order valence-corrected chi connectivity index (χ2v) is 9.65. The van der Waals surface area contributed by atoms with Crippen LogP contribution in [0.4, 0.5) is 18.9 Å². The van der Waals surface area contributed by atoms with E-state index >= 15 is 0 Å². The number of fused-ring (bicyclic) bond motifs is 1. The van der Waals surface area contributed by atoms with Crippen molar-refractivity contribution in [2.45, 2.75) is 69.2 Å². The van der Waals surface area contributed by atoms with Gasteiger partial charge >= 0.3 is 6.36 Å². The van der Waals surface area contributed by atoms with Crippen LogP contribution in [0, 0.1) is 5.92 Å². The maximum Gasteiger partial charge on any atom is 0.522 e. The average molecular weight is 520 g/mol. The first-order valence-electron chi connectivity index (χ1n) is 11.8. The quantitative estimate of drug-likeness (QED) is 0.487. The SMILES string of the molecule is O=C(CO[C@H]1C[C@@H](OC(F)(F)F)C1)N[C@H]1CC[C@H](C(=O)NCC2CNc3cc(Cl)ccc3O2)CC1. The minimum absolute atomic E-state index is 0.0239. The van der Waals surface area contributed by atoms with Gasteiger partial charge in [-0.15, -0.1) is 13.2 Å². The van der Waals surface area contributed by atoms with Crippen LogP contribution in [0.3, 0.4) is 0 Å². The number of amides is 2. The highest BCUT2D eigenvalue weighted by Crippen LogP contribution is 2.33. The van der Waals surface area contributed by atoms with Crippen molar-refractivity contribution in [3.05, 3.63) is 23.2 Å². The van der Waals surface area contributed by atoms with Crippen LogP contribution in [0.1, 0.15) is 38.5 Å². The summed E-state index contributed by atoms with van der Waals surface area (Å²) in [4.78, 5) is 24.7. The van der Waals surface area contributed by atoms with Gasteiger partial charge in [-0.1, -0.05) is 11.6 Å². The van der Waals surface area contributed by atoms with Crippen LogP contribution in [0.25, 0.3) is 0 Å². The Morgan fingerprint density at radius 1 is 1.14 bits per heavy atom. The van der Waals surface area contributed by atoms with Gasteiger partial charge in [-0.2, -0.15) is 0 Å². The Kier molecular flexibility index (Phi) is 8.28. The Labute approximate surface area is 206 Å². The number of hydrogen-bond acceptors (Lipinski definition) is 6. The van der Waals surface area contributed by atoms with E-state index in [0.29, 0.717) is 49.5 Å². The van der Waals surface area contributed by atoms with Gasteiger partial charge in [0.2, 0.25) is 11.8 Å². The van der Waals surface area contributed by atoms with Gasteiger partial charge < -0.3 is 25.4 Å². The minimum atomic E-state index is -4.65. The molecule has 0 spiro atoms. The summed E-state index contributed by atoms with van der Waals surface area (Å²) in [6.07, 6.45) is -3.24. The summed E-state index contributed by atoms with van der Waals surface area (Å²) >= 11 is 5.98. The number of alkyl halides is 3. The van der Waals surface area contributed by atoms with Gasteiger partial charge in [0.05, 0.1) is 31.0 Å². The number of carbonyl (C=O) groups is 2. The molecule has 3 aliphatic rings. The summed E-state index contributed by atoms with van der Waals surface area (Å²) in [5, 5.41) is 9.73. The molecule has 2 fully saturated rings. The van der Waals surface area contributed by atoms with Gasteiger partial charge in [-0.3, -0.25) is 14.3 Å². The molecule has 35 heavy (non-hydrogen) atoms. The third-order valence-corrected chi connectivity index (χ3v) is 6.76. The smallest absolute Gasteiger partial charge is 0.485 e. The van der Waals surface area contributed by atoms with Gasteiger partial charge in [0, 0.05) is 29.8 Å². The van der Waals surface area contributed by atoms with Gasteiger partial charge in [0.1, 0.15) is 18.5 Å². The fraction of sp³-hybridized carbons (Fsp3) is 0.652. The third-order valence-electron chi connectivity index (χ3n) is 6.52. The number of hydrogen-bond donors (Lipinski definition) is 3. The van der Waals surface area contributed by atoms with Crippen LogP contribution >= 0.6 is 11.6 Å². The average Bonchev–Trinajstić information content (AvgIpc) is 2.78. The predicted octanol–water partition coefficient (Wildman–Crippen LogP) is 3.39. The van der Waals surface area contributed by atoms with E-state index < -0.39 is 18.6 Å². The zero-order valence-corrected chi connectivity index (χ0v) is 19.8. The van der Waals surface area contributed by atoms with E-state index in [1.54, 1.807) is 18.2 Å². The summed E-state index contributed by atoms with van der Waals surface area (Å²) < 4.78 is 51.6. The lowest BCUT2D eigenvalue weighted by molar-refractivity contribution is -0.357. The van der Waals surface area contributed by atoms with Crippen molar-refractivity contribution in [2.24, 2.45) is 5.92 Å². The Morgan fingerprint density at radius 3 is 2.60 bits per heavy atom. The largest absolute Gasteiger partial charge is 0.522 e. The molecule has 1 unspecified atom stereocenters. The predicted molar refractivity (Wildman–Crippen MR) is 121 cm³/mol. The van der Waals surface area contributed by atoms with E-state index in [9.17, 15) is 22.8 Å². The Hall–Kier alpha value is -2.24. The molecular weight excluding hydrogens is 491 g/mol. The van der Waals surface area contributed by atoms with Crippen LogP contribution in [0.5, 0.6) is 5.75 Å². The van der Waals surface area contributed by atoms with Crippen molar-refractivity contribution in [1.29, 1.82) is 0 Å². The first kappa shape index (κ1) is 25.8. The summed E-state index contributed by atoms with van der Waals surface area (Å²) in [7, 11) is 0. The van der Waals surface area contributed by atoms with Gasteiger partial charge in [0.25, 0.3) is 0 Å². The van der Waals surface area contributed by atoms with Crippen molar-refractivity contribution in [3.63, 3.8) is 0 Å². The number of benzene rings is 1. The molecule has 1 heterocycles. The fourth-order valence-electron chi connectivity index (χ4n) is 4.56. The highest BCUT2D eigenvalue weighted by Gasteiger charge is 2.40. The molecule has 1 aromatic carbocycles. The lowest BCUT2D eigenvalue weighted by Crippen LogP contribution is -2.46. The van der Waals surface area contributed by atoms with Crippen molar-refractivity contribution in [2.75, 3.05) is 25.0 Å². The Balaban J connectivity index is 1.08. The van der Waals surface area contributed by atoms with Crippen molar-refractivity contribution in [1.82, 2.24) is 10.6 Å². The van der Waals surface area contributed by atoms with E-state index in [2.05, 4.69) is 20.7 Å². The molecule has 0 bridgehead atoms. The Morgan fingerprint density at radius 2 is 1.89 bits per heavy atom. The molecular formula is C23H29ClF3N3O5. The lowest BCUT2D eigenvalue weighted by atomic mass is 9.85. The number of rotatable bonds is 8. The summed E-state index contributed by atoms with van der Waals surface area (Å²) in [6.45, 7) is 0.748. The van der Waals surface area contributed by atoms with Crippen molar-refractivity contribution in [3.8, 4) is 5.75 Å². The minimum Gasteiger partial charge on any atom is -0.485 e. The Bertz CT molecular complexity index is 905. The van der Waals surface area contributed by atoms with E-state index in [0.717, 1.165) is 5.69 Å². The van der Waals surface area contributed by atoms with Gasteiger partial charge in [0.15, 0.2) is 0 Å². The molecule has 1 aromatic rings. The third kappa shape index (κ3) is 7.62. The summed E-state index contributed by atoms with van der Waals surface area (Å²) in [5.74, 6) is 0.250. The second-order valence-electron chi connectivity index (χ2n) is 9.21. The van der Waals surface area contributed by atoms with Crippen molar-refractivity contribution < 1.29 is 37.0 Å². The van der Waals surface area contributed by atoms with Crippen molar-refractivity contribution >= 4 is 29.1 Å². The monoisotopic (exact) mass is 519 g/mol. The molecule has 8 nitrogen and oxygen atoms in total. The number of carbonyl (C=O) groups excluding carboxylic acids is 2. The van der Waals surface area contributed by atoms with Gasteiger partial charge in [-0.25, -0.2) is 0 Å². The van der Waals surface area contributed by atoms with E-state index in [4.69, 9.17) is 21.1 Å². The zero-order valence-electron chi connectivity index (χ0n) is 19.0. The van der Waals surface area contributed by atoms with E-state index in [-0.39, 0.29) is 49.3 Å². The normalized spacial score (nSPS) is 28.1. The lowest BCUT2D eigenvalue weighted by Gasteiger charge is -2.35. The number of ether oxygens (including phenoxy) is 3. The molecule has 194 valence electrons. The zero-order chi connectivity index (χ0) is 25.0. The van der Waals surface area contributed by atoms with Gasteiger partial charge in [-0.05, 0) is 43.9 Å². The van der Waals surface area contributed by atoms with Crippen LogP contribution in [-0.4, -0.2) is 62.2 Å². The first-order valence-corrected chi connectivity index (χ1v) is 12.2. The molecule has 1 atom stereocenters. The highest BCUT2D eigenvalue weighted by atomic mass is 35.5. The fourth-order valence-corrected chi connectivity index (χ4v) is 4.73. The standard InChI is InChI=1S/C23H29ClF3N3O5/c24-14-3-6-20-19(7-14)28-10-18(34-20)11-29-22(32)13-1-4-15(5-2-13)30-21(31)12-33-16-8-17(9-16)35-23(25,26)27/h3,6-7,13,15-18,28H,1-2,4-5,8-12H2,(H,29,32)(H,30,31)/t13-,15-,16-,17+,18?. The van der Waals surface area contributed by atoms with Crippen LogP contribution in [-0.2, 0) is 19.1 Å². The first-order chi connectivity index (χ1) is 16.6. The molecule has 1 aliphatic heterocycles. The van der Waals surface area contributed by atoms with Crippen LogP contribution in [0.2, 0.25) is 5.02 Å². The van der Waals surface area contributed by atoms with Crippen LogP contribution in [0.15, 0.2) is 18.2 Å². The number of nitrogens with one attached hydrogen (secondary N) is 3.